The maximum absolute atomic E-state index is 13.4. The number of thiocarbonyl (C=S) groups is 1. The first kappa shape index (κ1) is 28.7. The van der Waals surface area contributed by atoms with Crippen molar-refractivity contribution in [3.05, 3.63) is 90.0 Å². The SMILES string of the molecule is CCCCOC(=O)c1ccc(NC(=S)NC(=O)c2cc(-c3cccc(OCC(C)C)c3)nc3ccccc23)cc1. The molecule has 40 heavy (non-hydrogen) atoms. The summed E-state index contributed by atoms with van der Waals surface area (Å²) >= 11 is 5.42. The maximum Gasteiger partial charge on any atom is 0.338 e. The number of carbonyl (C=O) groups excluding carboxylic acids is 2. The van der Waals surface area contributed by atoms with Gasteiger partial charge in [-0.2, -0.15) is 0 Å². The highest BCUT2D eigenvalue weighted by Crippen LogP contribution is 2.27. The van der Waals surface area contributed by atoms with E-state index in [0.717, 1.165) is 24.2 Å². The summed E-state index contributed by atoms with van der Waals surface area (Å²) in [4.78, 5) is 30.3. The van der Waals surface area contributed by atoms with E-state index in [1.54, 1.807) is 30.3 Å². The number of esters is 1. The van der Waals surface area contributed by atoms with Crippen molar-refractivity contribution >= 4 is 45.8 Å². The van der Waals surface area contributed by atoms with Crippen LogP contribution in [-0.4, -0.2) is 35.2 Å². The highest BCUT2D eigenvalue weighted by atomic mass is 32.1. The summed E-state index contributed by atoms with van der Waals surface area (Å²) in [6, 6.07) is 23.7. The first-order chi connectivity index (χ1) is 19.3. The maximum atomic E-state index is 13.4. The number of unbranched alkanes of at least 4 members (excludes halogenated alkanes) is 1. The van der Waals surface area contributed by atoms with Gasteiger partial charge in [-0.1, -0.05) is 57.5 Å². The quantitative estimate of drug-likeness (QED) is 0.123. The molecule has 2 N–H and O–H groups in total. The third kappa shape index (κ3) is 7.64. The minimum atomic E-state index is -0.367. The molecule has 0 unspecified atom stereocenters. The summed E-state index contributed by atoms with van der Waals surface area (Å²) < 4.78 is 11.1. The summed E-state index contributed by atoms with van der Waals surface area (Å²) in [7, 11) is 0. The summed E-state index contributed by atoms with van der Waals surface area (Å²) in [6.45, 7) is 7.24. The summed E-state index contributed by atoms with van der Waals surface area (Å²) in [5, 5.41) is 6.62. The van der Waals surface area contributed by atoms with E-state index in [2.05, 4.69) is 24.5 Å². The van der Waals surface area contributed by atoms with Gasteiger partial charge in [-0.3, -0.25) is 10.1 Å². The van der Waals surface area contributed by atoms with E-state index in [1.807, 2.05) is 55.5 Å². The Hall–Kier alpha value is -4.30. The number of nitrogens with zero attached hydrogens (tertiary/aromatic N) is 1. The van der Waals surface area contributed by atoms with Gasteiger partial charge >= 0.3 is 5.97 Å². The van der Waals surface area contributed by atoms with Crippen molar-refractivity contribution in [3.63, 3.8) is 0 Å². The van der Waals surface area contributed by atoms with Crippen LogP contribution in [-0.2, 0) is 4.74 Å². The molecule has 1 heterocycles. The fraction of sp³-hybridized carbons (Fsp3) is 0.250. The average molecular weight is 556 g/mol. The van der Waals surface area contributed by atoms with Gasteiger partial charge in [0.1, 0.15) is 5.75 Å². The highest BCUT2D eigenvalue weighted by molar-refractivity contribution is 7.80. The van der Waals surface area contributed by atoms with E-state index in [-0.39, 0.29) is 17.0 Å². The van der Waals surface area contributed by atoms with Crippen molar-refractivity contribution in [2.24, 2.45) is 5.92 Å². The van der Waals surface area contributed by atoms with Crippen molar-refractivity contribution < 1.29 is 19.1 Å². The molecule has 0 fully saturated rings. The zero-order valence-corrected chi connectivity index (χ0v) is 23.7. The number of para-hydroxylation sites is 1. The summed E-state index contributed by atoms with van der Waals surface area (Å²) in [5.74, 6) is 0.423. The van der Waals surface area contributed by atoms with E-state index >= 15 is 0 Å². The number of rotatable bonds is 10. The third-order valence-corrected chi connectivity index (χ3v) is 6.21. The predicted octanol–water partition coefficient (Wildman–Crippen LogP) is 7.02. The lowest BCUT2D eigenvalue weighted by Crippen LogP contribution is -2.34. The van der Waals surface area contributed by atoms with Gasteiger partial charge in [0.15, 0.2) is 5.11 Å². The molecular weight excluding hydrogens is 522 g/mol. The van der Waals surface area contributed by atoms with Crippen molar-refractivity contribution in [1.29, 1.82) is 0 Å². The zero-order valence-electron chi connectivity index (χ0n) is 22.9. The van der Waals surface area contributed by atoms with Crippen molar-refractivity contribution in [1.82, 2.24) is 10.3 Å². The molecule has 0 saturated heterocycles. The number of benzene rings is 3. The number of carbonyl (C=O) groups is 2. The van der Waals surface area contributed by atoms with Crippen LogP contribution in [0.4, 0.5) is 5.69 Å². The van der Waals surface area contributed by atoms with Gasteiger partial charge in [-0.05, 0) is 73.1 Å². The first-order valence-corrected chi connectivity index (χ1v) is 13.8. The monoisotopic (exact) mass is 555 g/mol. The van der Waals surface area contributed by atoms with E-state index in [9.17, 15) is 9.59 Å². The summed E-state index contributed by atoms with van der Waals surface area (Å²) in [6.07, 6.45) is 1.78. The number of fused-ring (bicyclic) bond motifs is 1. The Morgan fingerprint density at radius 1 is 0.975 bits per heavy atom. The Kier molecular flexibility index (Phi) is 9.81. The largest absolute Gasteiger partial charge is 0.493 e. The van der Waals surface area contributed by atoms with E-state index < -0.39 is 0 Å². The molecule has 0 aliphatic carbocycles. The fourth-order valence-corrected chi connectivity index (χ4v) is 4.14. The Labute approximate surface area is 239 Å². The second-order valence-electron chi connectivity index (χ2n) is 9.78. The van der Waals surface area contributed by atoms with Gasteiger partial charge in [-0.15, -0.1) is 0 Å². The number of pyridine rings is 1. The molecule has 206 valence electrons. The lowest BCUT2D eigenvalue weighted by molar-refractivity contribution is 0.0499. The lowest BCUT2D eigenvalue weighted by atomic mass is 10.0. The van der Waals surface area contributed by atoms with Crippen molar-refractivity contribution in [2.75, 3.05) is 18.5 Å². The average Bonchev–Trinajstić information content (AvgIpc) is 2.96. The van der Waals surface area contributed by atoms with Crippen LogP contribution in [0.25, 0.3) is 22.2 Å². The van der Waals surface area contributed by atoms with Gasteiger partial charge in [-0.25, -0.2) is 9.78 Å². The minimum absolute atomic E-state index is 0.134. The van der Waals surface area contributed by atoms with E-state index in [0.29, 0.717) is 52.5 Å². The Morgan fingerprint density at radius 3 is 2.50 bits per heavy atom. The molecule has 0 bridgehead atoms. The Balaban J connectivity index is 1.50. The van der Waals surface area contributed by atoms with Gasteiger partial charge < -0.3 is 14.8 Å². The molecule has 4 aromatic rings. The lowest BCUT2D eigenvalue weighted by Gasteiger charge is -2.13. The van der Waals surface area contributed by atoms with Gasteiger partial charge in [0.25, 0.3) is 5.91 Å². The molecule has 0 saturated carbocycles. The Morgan fingerprint density at radius 2 is 1.75 bits per heavy atom. The van der Waals surface area contributed by atoms with Crippen LogP contribution in [0.2, 0.25) is 0 Å². The van der Waals surface area contributed by atoms with E-state index in [1.165, 1.54) is 0 Å². The minimum Gasteiger partial charge on any atom is -0.493 e. The van der Waals surface area contributed by atoms with Crippen LogP contribution < -0.4 is 15.4 Å². The first-order valence-electron chi connectivity index (χ1n) is 13.4. The van der Waals surface area contributed by atoms with Crippen molar-refractivity contribution in [3.8, 4) is 17.0 Å². The number of hydrogen-bond donors (Lipinski definition) is 2. The summed E-state index contributed by atoms with van der Waals surface area (Å²) in [5.41, 5.74) is 3.72. The molecule has 0 spiro atoms. The van der Waals surface area contributed by atoms with Gasteiger partial charge in [0, 0.05) is 16.6 Å². The smallest absolute Gasteiger partial charge is 0.338 e. The number of anilines is 1. The van der Waals surface area contributed by atoms with Gasteiger partial charge in [0.2, 0.25) is 0 Å². The molecule has 1 aromatic heterocycles. The molecule has 0 atom stereocenters. The topological polar surface area (TPSA) is 89.6 Å². The van der Waals surface area contributed by atoms with Crippen LogP contribution in [0, 0.1) is 5.92 Å². The van der Waals surface area contributed by atoms with E-state index in [4.69, 9.17) is 26.7 Å². The van der Waals surface area contributed by atoms with Crippen LogP contribution in [0.5, 0.6) is 5.75 Å². The normalized spacial score (nSPS) is 10.8. The predicted molar refractivity (Wildman–Crippen MR) is 163 cm³/mol. The Bertz CT molecular complexity index is 1500. The van der Waals surface area contributed by atoms with Gasteiger partial charge in [0.05, 0.1) is 35.6 Å². The third-order valence-electron chi connectivity index (χ3n) is 6.01. The molecule has 0 aliphatic heterocycles. The highest BCUT2D eigenvalue weighted by Gasteiger charge is 2.16. The number of hydrogen-bond acceptors (Lipinski definition) is 6. The molecule has 0 aliphatic rings. The van der Waals surface area contributed by atoms with Crippen LogP contribution in [0.1, 0.15) is 54.3 Å². The molecule has 0 radical (unpaired) electrons. The number of nitrogens with one attached hydrogen (secondary N) is 2. The molecule has 7 nitrogen and oxygen atoms in total. The number of ether oxygens (including phenoxy) is 2. The standard InChI is InChI=1S/C32H33N3O4S/c1-4-5-17-38-31(37)22-13-15-24(16-14-22)33-32(40)35-30(36)27-19-29(34-28-12-7-6-11-26(27)28)23-9-8-10-25(18-23)39-20-21(2)3/h6-16,18-19,21H,4-5,17,20H2,1-3H3,(H2,33,35,36,40). The number of aromatic nitrogens is 1. The molecule has 4 rings (SSSR count). The van der Waals surface area contributed by atoms with Crippen LogP contribution >= 0.6 is 12.2 Å². The molecule has 1 amide bonds. The fourth-order valence-electron chi connectivity index (χ4n) is 3.93. The molecule has 8 heteroatoms. The van der Waals surface area contributed by atoms with Crippen LogP contribution in [0.3, 0.4) is 0 Å². The van der Waals surface area contributed by atoms with Crippen molar-refractivity contribution in [2.45, 2.75) is 33.6 Å². The number of amides is 1. The second kappa shape index (κ2) is 13.7. The zero-order chi connectivity index (χ0) is 28.5. The second-order valence-corrected chi connectivity index (χ2v) is 10.2. The molecular formula is C32H33N3O4S. The van der Waals surface area contributed by atoms with Crippen LogP contribution in [0.15, 0.2) is 78.9 Å². The molecule has 3 aromatic carbocycles.